The van der Waals surface area contributed by atoms with Crippen LogP contribution >= 0.6 is 11.3 Å². The first-order chi connectivity index (χ1) is 19.8. The third-order valence-electron chi connectivity index (χ3n) is 7.67. The molecule has 190 valence electrons. The van der Waals surface area contributed by atoms with Crippen LogP contribution in [0.25, 0.3) is 26.5 Å². The van der Waals surface area contributed by atoms with Gasteiger partial charge in [0.25, 0.3) is 0 Å². The molecule has 0 atom stereocenters. The molecule has 3 heterocycles. The van der Waals surface area contributed by atoms with Crippen LogP contribution in [0.3, 0.4) is 0 Å². The molecule has 5 heteroatoms. The molecule has 7 aromatic rings. The van der Waals surface area contributed by atoms with Gasteiger partial charge in [-0.1, -0.05) is 90.2 Å². The van der Waals surface area contributed by atoms with Crippen molar-refractivity contribution in [3.05, 3.63) is 162 Å². The zero-order valence-electron chi connectivity index (χ0n) is 21.4. The fourth-order valence-electron chi connectivity index (χ4n) is 6.01. The molecule has 0 radical (unpaired) electrons. The molecule has 0 saturated carbocycles. The van der Waals surface area contributed by atoms with Crippen molar-refractivity contribution in [3.8, 4) is 27.8 Å². The van der Waals surface area contributed by atoms with E-state index >= 15 is 0 Å². The number of rotatable bonds is 5. The van der Waals surface area contributed by atoms with Gasteiger partial charge in [-0.15, -0.1) is 0 Å². The van der Waals surface area contributed by atoms with Crippen molar-refractivity contribution in [2.75, 3.05) is 0 Å². The summed E-state index contributed by atoms with van der Waals surface area (Å²) in [6, 6.07) is 42.1. The maximum Gasteiger partial charge on any atom is 0.194 e. The van der Waals surface area contributed by atoms with Crippen LogP contribution in [0.1, 0.15) is 22.4 Å². The number of para-hydroxylation sites is 1. The molecule has 0 bridgehead atoms. The van der Waals surface area contributed by atoms with E-state index in [0.717, 1.165) is 33.4 Å². The average molecular weight is 534 g/mol. The van der Waals surface area contributed by atoms with Crippen LogP contribution in [0.15, 0.2) is 140 Å². The van der Waals surface area contributed by atoms with E-state index < -0.39 is 5.41 Å². The van der Waals surface area contributed by atoms with Gasteiger partial charge in [0.15, 0.2) is 5.13 Å². The van der Waals surface area contributed by atoms with Gasteiger partial charge in [-0.2, -0.15) is 0 Å². The standard InChI is InChI=1S/C35H23N3OS/c1-3-14-29-27(12-1)28-13-2-4-15-30(28)35(29,33-18-7-8-20-36-33)24-10-9-11-25(22-24)39-26-19-21-38(23-26)34-37-31-16-5-6-17-32(31)40-34/h1-23H. The maximum atomic E-state index is 6.45. The topological polar surface area (TPSA) is 39.9 Å². The molecule has 40 heavy (non-hydrogen) atoms. The quantitative estimate of drug-likeness (QED) is 0.222. The highest BCUT2D eigenvalue weighted by Gasteiger charge is 2.47. The Bertz CT molecular complexity index is 1930. The van der Waals surface area contributed by atoms with Crippen LogP contribution in [0.2, 0.25) is 0 Å². The van der Waals surface area contributed by atoms with Gasteiger partial charge in [0.2, 0.25) is 0 Å². The van der Waals surface area contributed by atoms with Gasteiger partial charge >= 0.3 is 0 Å². The number of fused-ring (bicyclic) bond motifs is 4. The van der Waals surface area contributed by atoms with E-state index in [4.69, 9.17) is 14.7 Å². The predicted molar refractivity (Wildman–Crippen MR) is 161 cm³/mol. The largest absolute Gasteiger partial charge is 0.456 e. The molecule has 4 nitrogen and oxygen atoms in total. The molecule has 0 N–H and O–H groups in total. The summed E-state index contributed by atoms with van der Waals surface area (Å²) in [4.78, 5) is 9.70. The molecular weight excluding hydrogens is 510 g/mol. The third-order valence-corrected chi connectivity index (χ3v) is 8.72. The number of hydrogen-bond donors (Lipinski definition) is 0. The lowest BCUT2D eigenvalue weighted by Crippen LogP contribution is -2.29. The van der Waals surface area contributed by atoms with Crippen molar-refractivity contribution in [1.29, 1.82) is 0 Å². The molecule has 3 aromatic heterocycles. The van der Waals surface area contributed by atoms with Gasteiger partial charge in [0, 0.05) is 12.4 Å². The number of nitrogens with zero attached hydrogens (tertiary/aromatic N) is 3. The Hall–Kier alpha value is -5.00. The lowest BCUT2D eigenvalue weighted by Gasteiger charge is -2.32. The lowest BCUT2D eigenvalue weighted by atomic mass is 9.70. The second kappa shape index (κ2) is 9.04. The molecule has 0 unspecified atom stereocenters. The van der Waals surface area contributed by atoms with Gasteiger partial charge < -0.3 is 4.74 Å². The highest BCUT2D eigenvalue weighted by atomic mass is 32.1. The van der Waals surface area contributed by atoms with Crippen molar-refractivity contribution < 1.29 is 4.74 Å². The minimum absolute atomic E-state index is 0.555. The van der Waals surface area contributed by atoms with E-state index in [1.807, 2.05) is 59.6 Å². The molecular formula is C35H23N3OS. The van der Waals surface area contributed by atoms with E-state index in [-0.39, 0.29) is 0 Å². The third kappa shape index (κ3) is 3.45. The Balaban J connectivity index is 1.23. The summed E-state index contributed by atoms with van der Waals surface area (Å²) in [5, 5.41) is 0.915. The normalized spacial score (nSPS) is 13.2. The number of pyridine rings is 1. The molecule has 4 aromatic carbocycles. The summed E-state index contributed by atoms with van der Waals surface area (Å²) in [6.07, 6.45) is 5.86. The van der Waals surface area contributed by atoms with Crippen molar-refractivity contribution in [1.82, 2.24) is 14.5 Å². The number of ether oxygens (including phenoxy) is 1. The van der Waals surface area contributed by atoms with E-state index in [1.54, 1.807) is 11.3 Å². The Kier molecular flexibility index (Phi) is 5.18. The van der Waals surface area contributed by atoms with E-state index in [2.05, 4.69) is 84.9 Å². The smallest absolute Gasteiger partial charge is 0.194 e. The predicted octanol–water partition coefficient (Wildman–Crippen LogP) is 8.64. The first-order valence-electron chi connectivity index (χ1n) is 13.2. The molecule has 0 fully saturated rings. The van der Waals surface area contributed by atoms with Crippen molar-refractivity contribution in [2.24, 2.45) is 0 Å². The highest BCUT2D eigenvalue weighted by molar-refractivity contribution is 7.20. The Morgan fingerprint density at radius 1 is 0.675 bits per heavy atom. The van der Waals surface area contributed by atoms with Gasteiger partial charge in [-0.05, 0) is 70.3 Å². The van der Waals surface area contributed by atoms with Crippen LogP contribution in [-0.4, -0.2) is 14.5 Å². The summed E-state index contributed by atoms with van der Waals surface area (Å²) in [7, 11) is 0. The van der Waals surface area contributed by atoms with E-state index in [0.29, 0.717) is 0 Å². The van der Waals surface area contributed by atoms with Crippen molar-refractivity contribution in [3.63, 3.8) is 0 Å². The molecule has 1 aliphatic carbocycles. The van der Waals surface area contributed by atoms with Gasteiger partial charge in [-0.3, -0.25) is 9.55 Å². The van der Waals surface area contributed by atoms with Crippen LogP contribution in [-0.2, 0) is 5.41 Å². The first kappa shape index (κ1) is 22.9. The number of thiazole rings is 1. The molecule has 1 aliphatic rings. The SMILES string of the molecule is c1ccc(C2(c3cccc(Oc4ccn(-c5nc6ccccc6s5)c4)c3)c3ccccc3-c3ccccc32)nc1. The Labute approximate surface area is 235 Å². The summed E-state index contributed by atoms with van der Waals surface area (Å²) in [6.45, 7) is 0. The Morgan fingerprint density at radius 2 is 1.43 bits per heavy atom. The molecule has 0 saturated heterocycles. The molecule has 0 spiro atoms. The lowest BCUT2D eigenvalue weighted by molar-refractivity contribution is 0.481. The maximum absolute atomic E-state index is 6.45. The van der Waals surface area contributed by atoms with Crippen molar-refractivity contribution >= 4 is 21.6 Å². The zero-order chi connectivity index (χ0) is 26.5. The van der Waals surface area contributed by atoms with Crippen LogP contribution in [0.5, 0.6) is 11.5 Å². The minimum atomic E-state index is -0.555. The van der Waals surface area contributed by atoms with Crippen LogP contribution in [0.4, 0.5) is 0 Å². The molecule has 0 amide bonds. The first-order valence-corrected chi connectivity index (χ1v) is 14.1. The fraction of sp³-hybridized carbons (Fsp3) is 0.0286. The number of hydrogen-bond acceptors (Lipinski definition) is 4. The molecule has 8 rings (SSSR count). The highest BCUT2D eigenvalue weighted by Crippen LogP contribution is 2.55. The summed E-state index contributed by atoms with van der Waals surface area (Å²) in [5.41, 5.74) is 7.50. The van der Waals surface area contributed by atoms with Gasteiger partial charge in [-0.25, -0.2) is 4.98 Å². The molecule has 0 aliphatic heterocycles. The summed E-state index contributed by atoms with van der Waals surface area (Å²) >= 11 is 1.66. The average Bonchev–Trinajstić information content (AvgIpc) is 3.73. The Morgan fingerprint density at radius 3 is 2.20 bits per heavy atom. The number of aromatic nitrogens is 3. The second-order valence-electron chi connectivity index (χ2n) is 9.90. The zero-order valence-corrected chi connectivity index (χ0v) is 22.3. The van der Waals surface area contributed by atoms with E-state index in [9.17, 15) is 0 Å². The fourth-order valence-corrected chi connectivity index (χ4v) is 6.93. The summed E-state index contributed by atoms with van der Waals surface area (Å²) in [5.74, 6) is 1.53. The van der Waals surface area contributed by atoms with Gasteiger partial charge in [0.05, 0.1) is 27.5 Å². The minimum Gasteiger partial charge on any atom is -0.456 e. The second-order valence-corrected chi connectivity index (χ2v) is 10.9. The monoisotopic (exact) mass is 533 g/mol. The summed E-state index contributed by atoms with van der Waals surface area (Å²) < 4.78 is 9.63. The van der Waals surface area contributed by atoms with E-state index in [1.165, 1.54) is 27.0 Å². The van der Waals surface area contributed by atoms with Crippen molar-refractivity contribution in [2.45, 2.75) is 5.41 Å². The van der Waals surface area contributed by atoms with Gasteiger partial charge in [0.1, 0.15) is 11.5 Å². The van der Waals surface area contributed by atoms with Crippen LogP contribution in [0, 0.1) is 0 Å². The van der Waals surface area contributed by atoms with Crippen LogP contribution < -0.4 is 4.74 Å². The number of benzene rings is 4.